The van der Waals surface area contributed by atoms with Crippen molar-refractivity contribution < 1.29 is 14.1 Å². The highest BCUT2D eigenvalue weighted by atomic mass is 16.5. The van der Waals surface area contributed by atoms with Crippen molar-refractivity contribution in [3.05, 3.63) is 59.1 Å². The van der Waals surface area contributed by atoms with Gasteiger partial charge in [-0.2, -0.15) is 0 Å². The largest absolute Gasteiger partial charge is 0.368 e. The van der Waals surface area contributed by atoms with E-state index in [1.54, 1.807) is 24.2 Å². The van der Waals surface area contributed by atoms with Crippen molar-refractivity contribution in [2.45, 2.75) is 26.9 Å². The van der Waals surface area contributed by atoms with Crippen molar-refractivity contribution in [2.75, 3.05) is 19.7 Å². The molecule has 1 amide bonds. The third kappa shape index (κ3) is 3.50. The van der Waals surface area contributed by atoms with Crippen LogP contribution in [0.3, 0.4) is 0 Å². The van der Waals surface area contributed by atoms with Gasteiger partial charge in [-0.3, -0.25) is 4.79 Å². The van der Waals surface area contributed by atoms with Gasteiger partial charge in [0.15, 0.2) is 0 Å². The third-order valence-electron chi connectivity index (χ3n) is 4.77. The van der Waals surface area contributed by atoms with Gasteiger partial charge >= 0.3 is 0 Å². The molecule has 1 aliphatic rings. The zero-order chi connectivity index (χ0) is 19.7. The summed E-state index contributed by atoms with van der Waals surface area (Å²) in [4.78, 5) is 27.5. The maximum Gasteiger partial charge on any atom is 0.257 e. The van der Waals surface area contributed by atoms with Crippen molar-refractivity contribution in [1.29, 1.82) is 0 Å². The van der Waals surface area contributed by atoms with E-state index in [-0.39, 0.29) is 12.0 Å². The van der Waals surface area contributed by atoms with Crippen molar-refractivity contribution in [2.24, 2.45) is 0 Å². The lowest BCUT2D eigenvalue weighted by atomic mass is 10.1. The van der Waals surface area contributed by atoms with Crippen LogP contribution >= 0.6 is 0 Å². The zero-order valence-corrected chi connectivity index (χ0v) is 16.0. The first kappa shape index (κ1) is 18.2. The second-order valence-corrected chi connectivity index (χ2v) is 6.78. The van der Waals surface area contributed by atoms with Gasteiger partial charge in [0.1, 0.15) is 17.7 Å². The normalized spacial score (nSPS) is 17.0. The molecule has 1 saturated heterocycles. The van der Waals surface area contributed by atoms with Crippen LogP contribution in [0.25, 0.3) is 11.3 Å². The van der Waals surface area contributed by atoms with Crippen LogP contribution in [0.4, 0.5) is 0 Å². The molecule has 0 unspecified atom stereocenters. The predicted molar refractivity (Wildman–Crippen MR) is 101 cm³/mol. The first-order chi connectivity index (χ1) is 13.5. The van der Waals surface area contributed by atoms with Gasteiger partial charge in [0.2, 0.25) is 0 Å². The number of rotatable bonds is 3. The van der Waals surface area contributed by atoms with Crippen LogP contribution < -0.4 is 0 Å². The number of morpholine rings is 1. The van der Waals surface area contributed by atoms with Crippen LogP contribution in [0.5, 0.6) is 0 Å². The molecule has 0 aliphatic carbocycles. The Hall–Kier alpha value is -3.13. The number of hydrogen-bond acceptors (Lipinski definition) is 7. The molecule has 0 radical (unpaired) electrons. The second kappa shape index (κ2) is 7.47. The average Bonchev–Trinajstić information content (AvgIpc) is 3.06. The maximum absolute atomic E-state index is 12.8. The Labute approximate surface area is 162 Å². The quantitative estimate of drug-likeness (QED) is 0.690. The van der Waals surface area contributed by atoms with Crippen LogP contribution in [0, 0.1) is 20.8 Å². The molecule has 0 bridgehead atoms. The molecule has 0 spiro atoms. The lowest BCUT2D eigenvalue weighted by Crippen LogP contribution is -2.42. The minimum Gasteiger partial charge on any atom is -0.368 e. The van der Waals surface area contributed by atoms with Crippen LogP contribution in [0.1, 0.15) is 39.4 Å². The van der Waals surface area contributed by atoms with Crippen molar-refractivity contribution in [1.82, 2.24) is 25.0 Å². The Bertz CT molecular complexity index is 980. The second-order valence-electron chi connectivity index (χ2n) is 6.78. The van der Waals surface area contributed by atoms with Crippen LogP contribution in [0.2, 0.25) is 0 Å². The van der Waals surface area contributed by atoms with Crippen molar-refractivity contribution in [3.63, 3.8) is 0 Å². The highest BCUT2D eigenvalue weighted by Crippen LogP contribution is 2.28. The van der Waals surface area contributed by atoms with Gasteiger partial charge in [0.05, 0.1) is 41.4 Å². The molecule has 28 heavy (non-hydrogen) atoms. The SMILES string of the molecule is Cc1ncc(C(=O)N2CCO[C@@H](c3cccc(-c4c(C)noc4C)n3)C2)cn1. The fourth-order valence-electron chi connectivity index (χ4n) is 3.32. The number of nitrogens with zero attached hydrogens (tertiary/aromatic N) is 5. The van der Waals surface area contributed by atoms with E-state index in [1.807, 2.05) is 32.0 Å². The molecule has 3 aromatic heterocycles. The van der Waals surface area contributed by atoms with Crippen LogP contribution in [-0.4, -0.2) is 50.6 Å². The Balaban J connectivity index is 1.56. The Morgan fingerprint density at radius 3 is 2.68 bits per heavy atom. The summed E-state index contributed by atoms with van der Waals surface area (Å²) < 4.78 is 11.2. The number of hydrogen-bond donors (Lipinski definition) is 0. The van der Waals surface area contributed by atoms with E-state index in [0.29, 0.717) is 31.1 Å². The molecule has 4 heterocycles. The molecule has 3 aromatic rings. The molecule has 1 aliphatic heterocycles. The van der Waals surface area contributed by atoms with Crippen molar-refractivity contribution >= 4 is 5.91 Å². The molecule has 8 nitrogen and oxygen atoms in total. The maximum atomic E-state index is 12.8. The molecule has 8 heteroatoms. The van der Waals surface area contributed by atoms with E-state index in [0.717, 1.165) is 28.4 Å². The number of aryl methyl sites for hydroxylation is 3. The Morgan fingerprint density at radius 1 is 1.18 bits per heavy atom. The van der Waals surface area contributed by atoms with E-state index < -0.39 is 0 Å². The smallest absolute Gasteiger partial charge is 0.257 e. The third-order valence-corrected chi connectivity index (χ3v) is 4.77. The lowest BCUT2D eigenvalue weighted by Gasteiger charge is -2.32. The van der Waals surface area contributed by atoms with Gasteiger partial charge in [-0.25, -0.2) is 15.0 Å². The molecule has 0 N–H and O–H groups in total. The molecule has 4 rings (SSSR count). The molecular weight excluding hydrogens is 358 g/mol. The molecule has 0 aromatic carbocycles. The number of ether oxygens (including phenoxy) is 1. The highest BCUT2D eigenvalue weighted by Gasteiger charge is 2.28. The number of amides is 1. The molecule has 144 valence electrons. The summed E-state index contributed by atoms with van der Waals surface area (Å²) in [5.41, 5.74) is 3.72. The first-order valence-electron chi connectivity index (χ1n) is 9.12. The number of carbonyl (C=O) groups excluding carboxylic acids is 1. The van der Waals surface area contributed by atoms with Gasteiger partial charge in [0.25, 0.3) is 5.91 Å². The Morgan fingerprint density at radius 2 is 1.96 bits per heavy atom. The summed E-state index contributed by atoms with van der Waals surface area (Å²) in [5.74, 6) is 1.26. The van der Waals surface area contributed by atoms with Crippen LogP contribution in [-0.2, 0) is 4.74 Å². The minimum atomic E-state index is -0.301. The van der Waals surface area contributed by atoms with E-state index in [9.17, 15) is 4.79 Å². The summed E-state index contributed by atoms with van der Waals surface area (Å²) in [6.45, 7) is 6.93. The summed E-state index contributed by atoms with van der Waals surface area (Å²) in [6, 6.07) is 5.77. The topological polar surface area (TPSA) is 94.2 Å². The molecule has 1 fully saturated rings. The highest BCUT2D eigenvalue weighted by molar-refractivity contribution is 5.93. The standard InChI is InChI=1S/C20H21N5O3/c1-12-19(13(2)28-24-12)17-6-4-5-16(23-17)18-11-25(7-8-27-18)20(26)15-9-21-14(3)22-10-15/h4-6,9-10,18H,7-8,11H2,1-3H3/t18-/m1/s1. The zero-order valence-electron chi connectivity index (χ0n) is 16.0. The summed E-state index contributed by atoms with van der Waals surface area (Å²) in [6.07, 6.45) is 2.82. The van der Waals surface area contributed by atoms with Gasteiger partial charge in [-0.1, -0.05) is 11.2 Å². The summed E-state index contributed by atoms with van der Waals surface area (Å²) in [5, 5.41) is 4.00. The monoisotopic (exact) mass is 379 g/mol. The van der Waals surface area contributed by atoms with E-state index >= 15 is 0 Å². The average molecular weight is 379 g/mol. The first-order valence-corrected chi connectivity index (χ1v) is 9.12. The Kier molecular flexibility index (Phi) is 4.87. The van der Waals surface area contributed by atoms with Gasteiger partial charge in [-0.05, 0) is 32.9 Å². The van der Waals surface area contributed by atoms with Gasteiger partial charge in [0, 0.05) is 18.9 Å². The fourth-order valence-corrected chi connectivity index (χ4v) is 3.32. The van der Waals surface area contributed by atoms with Gasteiger partial charge in [-0.15, -0.1) is 0 Å². The van der Waals surface area contributed by atoms with Crippen LogP contribution in [0.15, 0.2) is 35.1 Å². The van der Waals surface area contributed by atoms with E-state index in [1.165, 1.54) is 0 Å². The van der Waals surface area contributed by atoms with Crippen molar-refractivity contribution in [3.8, 4) is 11.3 Å². The summed E-state index contributed by atoms with van der Waals surface area (Å²) in [7, 11) is 0. The minimum absolute atomic E-state index is 0.102. The lowest BCUT2D eigenvalue weighted by molar-refractivity contribution is -0.0247. The van der Waals surface area contributed by atoms with Gasteiger partial charge < -0.3 is 14.2 Å². The van der Waals surface area contributed by atoms with E-state index in [2.05, 4.69) is 15.1 Å². The number of carbonyl (C=O) groups is 1. The molecule has 0 saturated carbocycles. The fraction of sp³-hybridized carbons (Fsp3) is 0.350. The number of pyridine rings is 1. The molecular formula is C20H21N5O3. The molecule has 1 atom stereocenters. The van der Waals surface area contributed by atoms with E-state index in [4.69, 9.17) is 14.2 Å². The predicted octanol–water partition coefficient (Wildman–Crippen LogP) is 2.67. The summed E-state index contributed by atoms with van der Waals surface area (Å²) >= 11 is 0. The number of aromatic nitrogens is 4.